The number of rotatable bonds is 7. The van der Waals surface area contributed by atoms with Crippen LogP contribution in [0.25, 0.3) is 0 Å². The Labute approximate surface area is 159 Å². The number of aromatic nitrogens is 3. The highest BCUT2D eigenvalue weighted by molar-refractivity contribution is 5.92. The van der Waals surface area contributed by atoms with Crippen LogP contribution >= 0.6 is 0 Å². The van der Waals surface area contributed by atoms with Crippen LogP contribution in [0, 0.1) is 6.92 Å². The van der Waals surface area contributed by atoms with Gasteiger partial charge >= 0.3 is 0 Å². The van der Waals surface area contributed by atoms with Gasteiger partial charge in [0.15, 0.2) is 0 Å². The summed E-state index contributed by atoms with van der Waals surface area (Å²) in [5.41, 5.74) is 3.94. The van der Waals surface area contributed by atoms with E-state index in [1.54, 1.807) is 30.4 Å². The fraction of sp³-hybridized carbons (Fsp3) is 0.238. The number of aryl methyl sites for hydroxylation is 1. The Balaban J connectivity index is 1.60. The number of carbonyl (C=O) groups is 1. The number of anilines is 1. The molecule has 0 unspecified atom stereocenters. The Bertz CT molecular complexity index is 898. The minimum atomic E-state index is -0.120. The Morgan fingerprint density at radius 1 is 1.11 bits per heavy atom. The summed E-state index contributed by atoms with van der Waals surface area (Å²) in [4.78, 5) is 26.7. The van der Waals surface area contributed by atoms with Gasteiger partial charge in [0, 0.05) is 38.6 Å². The van der Waals surface area contributed by atoms with Gasteiger partial charge in [-0.15, -0.1) is 0 Å². The number of hydrogen-bond acceptors (Lipinski definition) is 5. The molecule has 0 aliphatic carbocycles. The lowest BCUT2D eigenvalue weighted by Crippen LogP contribution is -2.29. The molecule has 0 radical (unpaired) electrons. The van der Waals surface area contributed by atoms with E-state index in [4.69, 9.17) is 0 Å². The van der Waals surface area contributed by atoms with Crippen LogP contribution in [0.3, 0.4) is 0 Å². The minimum Gasteiger partial charge on any atom is -0.366 e. The number of likely N-dealkylation sites (N-methyl/N-ethyl adjacent to an activating group) is 1. The van der Waals surface area contributed by atoms with E-state index in [0.717, 1.165) is 12.0 Å². The second-order valence-electron chi connectivity index (χ2n) is 6.40. The third-order valence-electron chi connectivity index (χ3n) is 4.44. The number of nitrogens with zero attached hydrogens (tertiary/aromatic N) is 4. The van der Waals surface area contributed by atoms with Crippen LogP contribution in [-0.2, 0) is 13.0 Å². The van der Waals surface area contributed by atoms with E-state index in [2.05, 4.69) is 39.3 Å². The molecule has 3 aromatic rings. The molecule has 0 aliphatic heterocycles. The van der Waals surface area contributed by atoms with Gasteiger partial charge in [-0.2, -0.15) is 0 Å². The van der Waals surface area contributed by atoms with E-state index in [-0.39, 0.29) is 5.91 Å². The van der Waals surface area contributed by atoms with Crippen molar-refractivity contribution in [2.75, 3.05) is 18.9 Å². The molecule has 0 fully saturated rings. The summed E-state index contributed by atoms with van der Waals surface area (Å²) < 4.78 is 0. The summed E-state index contributed by atoms with van der Waals surface area (Å²) >= 11 is 0. The second kappa shape index (κ2) is 8.89. The van der Waals surface area contributed by atoms with Crippen molar-refractivity contribution < 1.29 is 4.79 Å². The smallest absolute Gasteiger partial charge is 0.272 e. The first kappa shape index (κ1) is 18.5. The zero-order valence-electron chi connectivity index (χ0n) is 15.6. The van der Waals surface area contributed by atoms with E-state index in [1.807, 2.05) is 24.3 Å². The summed E-state index contributed by atoms with van der Waals surface area (Å²) in [5, 5.41) is 3.27. The van der Waals surface area contributed by atoms with Crippen LogP contribution in [0.4, 0.5) is 5.82 Å². The van der Waals surface area contributed by atoms with E-state index >= 15 is 0 Å². The molecule has 27 heavy (non-hydrogen) atoms. The third kappa shape index (κ3) is 5.10. The largest absolute Gasteiger partial charge is 0.366 e. The molecule has 3 rings (SSSR count). The molecule has 2 aromatic heterocycles. The molecule has 0 spiro atoms. The van der Waals surface area contributed by atoms with E-state index in [1.165, 1.54) is 17.5 Å². The Kier molecular flexibility index (Phi) is 6.10. The van der Waals surface area contributed by atoms with Crippen molar-refractivity contribution >= 4 is 11.7 Å². The van der Waals surface area contributed by atoms with Crippen molar-refractivity contribution in [1.29, 1.82) is 0 Å². The molecule has 2 heterocycles. The Hall–Kier alpha value is -3.28. The molecule has 1 amide bonds. The summed E-state index contributed by atoms with van der Waals surface area (Å²) in [6, 6.07) is 13.8. The lowest BCUT2D eigenvalue weighted by Gasteiger charge is -2.17. The summed E-state index contributed by atoms with van der Waals surface area (Å²) in [7, 11) is 1.78. The fourth-order valence-corrected chi connectivity index (χ4v) is 2.71. The van der Waals surface area contributed by atoms with Gasteiger partial charge in [0.2, 0.25) is 0 Å². The molecular weight excluding hydrogens is 338 g/mol. The lowest BCUT2D eigenvalue weighted by molar-refractivity contribution is 0.0790. The van der Waals surface area contributed by atoms with Gasteiger partial charge in [-0.25, -0.2) is 9.97 Å². The highest BCUT2D eigenvalue weighted by Gasteiger charge is 2.14. The number of hydrogen-bond donors (Lipinski definition) is 1. The molecule has 0 atom stereocenters. The SMILES string of the molecule is Cc1ccccc1CNc1cc(C(=O)N(C)CCc2ccncc2)ncn1. The first-order valence-corrected chi connectivity index (χ1v) is 8.88. The van der Waals surface area contributed by atoms with Crippen molar-refractivity contribution in [3.05, 3.63) is 83.6 Å². The average Bonchev–Trinajstić information content (AvgIpc) is 2.72. The normalized spacial score (nSPS) is 10.4. The molecule has 0 saturated carbocycles. The monoisotopic (exact) mass is 361 g/mol. The first-order valence-electron chi connectivity index (χ1n) is 8.88. The van der Waals surface area contributed by atoms with E-state index in [0.29, 0.717) is 24.6 Å². The predicted octanol–water partition coefficient (Wildman–Crippen LogP) is 3.11. The van der Waals surface area contributed by atoms with Crippen molar-refractivity contribution in [3.8, 4) is 0 Å². The summed E-state index contributed by atoms with van der Waals surface area (Å²) in [6.07, 6.45) is 5.71. The topological polar surface area (TPSA) is 71.0 Å². The number of benzene rings is 1. The van der Waals surface area contributed by atoms with Crippen LogP contribution in [0.2, 0.25) is 0 Å². The van der Waals surface area contributed by atoms with Crippen molar-refractivity contribution in [2.24, 2.45) is 0 Å². The molecule has 6 heteroatoms. The maximum Gasteiger partial charge on any atom is 0.272 e. The van der Waals surface area contributed by atoms with Gasteiger partial charge in [-0.3, -0.25) is 9.78 Å². The van der Waals surface area contributed by atoms with Gasteiger partial charge in [0.05, 0.1) is 0 Å². The van der Waals surface area contributed by atoms with E-state index < -0.39 is 0 Å². The Morgan fingerprint density at radius 2 is 1.89 bits per heavy atom. The van der Waals surface area contributed by atoms with E-state index in [9.17, 15) is 4.79 Å². The second-order valence-corrected chi connectivity index (χ2v) is 6.40. The number of pyridine rings is 1. The van der Waals surface area contributed by atoms with Crippen LogP contribution in [0.5, 0.6) is 0 Å². The van der Waals surface area contributed by atoms with Crippen molar-refractivity contribution in [3.63, 3.8) is 0 Å². The lowest BCUT2D eigenvalue weighted by atomic mass is 10.1. The molecule has 1 aromatic carbocycles. The van der Waals surface area contributed by atoms with Crippen molar-refractivity contribution in [1.82, 2.24) is 19.9 Å². The molecule has 0 saturated heterocycles. The number of carbonyl (C=O) groups excluding carboxylic acids is 1. The number of nitrogens with one attached hydrogen (secondary N) is 1. The van der Waals surface area contributed by atoms with Crippen molar-refractivity contribution in [2.45, 2.75) is 19.9 Å². The van der Waals surface area contributed by atoms with Crippen LogP contribution in [-0.4, -0.2) is 39.4 Å². The molecule has 0 bridgehead atoms. The fourth-order valence-electron chi connectivity index (χ4n) is 2.71. The minimum absolute atomic E-state index is 0.120. The average molecular weight is 361 g/mol. The Morgan fingerprint density at radius 3 is 2.67 bits per heavy atom. The van der Waals surface area contributed by atoms with Gasteiger partial charge < -0.3 is 10.2 Å². The number of amides is 1. The quantitative estimate of drug-likeness (QED) is 0.700. The zero-order chi connectivity index (χ0) is 19.1. The standard InChI is InChI=1S/C21H23N5O/c1-16-5-3-4-6-18(16)14-23-20-13-19(24-15-25-20)21(27)26(2)12-9-17-7-10-22-11-8-17/h3-8,10-11,13,15H,9,12,14H2,1-2H3,(H,23,24,25). The van der Waals surface area contributed by atoms with Gasteiger partial charge in [-0.1, -0.05) is 24.3 Å². The molecule has 6 nitrogen and oxygen atoms in total. The zero-order valence-corrected chi connectivity index (χ0v) is 15.6. The van der Waals surface area contributed by atoms with Gasteiger partial charge in [-0.05, 0) is 42.2 Å². The molecule has 138 valence electrons. The third-order valence-corrected chi connectivity index (χ3v) is 4.44. The maximum absolute atomic E-state index is 12.6. The highest BCUT2D eigenvalue weighted by atomic mass is 16.2. The summed E-state index contributed by atoms with van der Waals surface area (Å²) in [5.74, 6) is 0.518. The van der Waals surface area contributed by atoms with Gasteiger partial charge in [0.25, 0.3) is 5.91 Å². The summed E-state index contributed by atoms with van der Waals surface area (Å²) in [6.45, 7) is 3.33. The predicted molar refractivity (Wildman–Crippen MR) is 105 cm³/mol. The molecule has 0 aliphatic rings. The van der Waals surface area contributed by atoms with Crippen LogP contribution in [0.1, 0.15) is 27.2 Å². The highest BCUT2D eigenvalue weighted by Crippen LogP contribution is 2.12. The van der Waals surface area contributed by atoms with Crippen LogP contribution < -0.4 is 5.32 Å². The first-order chi connectivity index (χ1) is 13.1. The van der Waals surface area contributed by atoms with Gasteiger partial charge in [0.1, 0.15) is 17.8 Å². The molecular formula is C21H23N5O. The molecule has 1 N–H and O–H groups in total. The van der Waals surface area contributed by atoms with Crippen LogP contribution in [0.15, 0.2) is 61.2 Å². The maximum atomic E-state index is 12.6.